The van der Waals surface area contributed by atoms with E-state index in [2.05, 4.69) is 0 Å². The smallest absolute Gasteiger partial charge is 0.0926 e. The Bertz CT molecular complexity index is 166. The Balaban J connectivity index is 0.000000490. The van der Waals surface area contributed by atoms with Crippen molar-refractivity contribution in [3.05, 3.63) is 17.9 Å². The van der Waals surface area contributed by atoms with Gasteiger partial charge in [-0.2, -0.15) is 0 Å². The number of sulfone groups is 1. The summed E-state index contributed by atoms with van der Waals surface area (Å²) in [6, 6.07) is 0. The summed E-state index contributed by atoms with van der Waals surface area (Å²) in [6.45, 7) is 0. The third-order valence-corrected chi connectivity index (χ3v) is 1.98. The molecular formula is C4H5MnO2S-. The second kappa shape index (κ2) is 2.58. The van der Waals surface area contributed by atoms with Gasteiger partial charge in [0.2, 0.25) is 0 Å². The Morgan fingerprint density at radius 2 is 2.12 bits per heavy atom. The van der Waals surface area contributed by atoms with Gasteiger partial charge < -0.3 is 0 Å². The number of hydrogen-bond donors (Lipinski definition) is 0. The van der Waals surface area contributed by atoms with Gasteiger partial charge in [0.15, 0.2) is 0 Å². The van der Waals surface area contributed by atoms with Gasteiger partial charge in [-0.25, -0.2) is 20.6 Å². The molecule has 0 aromatic rings. The van der Waals surface area contributed by atoms with Crippen LogP contribution in [0.15, 0.2) is 12.2 Å². The molecule has 0 aliphatic carbocycles. The van der Waals surface area contributed by atoms with Gasteiger partial charge in [0, 0.05) is 17.1 Å². The van der Waals surface area contributed by atoms with Crippen LogP contribution in [0.3, 0.4) is 0 Å². The van der Waals surface area contributed by atoms with Crippen LogP contribution in [0.4, 0.5) is 0 Å². The van der Waals surface area contributed by atoms with Crippen molar-refractivity contribution in [2.75, 3.05) is 5.75 Å². The largest absolute Gasteiger partial charge is 0.244 e. The zero-order valence-electron chi connectivity index (χ0n) is 4.04. The van der Waals surface area contributed by atoms with Gasteiger partial charge in [-0.1, -0.05) is 0 Å². The van der Waals surface area contributed by atoms with Crippen LogP contribution in [0.1, 0.15) is 0 Å². The van der Waals surface area contributed by atoms with Crippen molar-refractivity contribution in [1.82, 2.24) is 0 Å². The summed E-state index contributed by atoms with van der Waals surface area (Å²) in [5.74, 6) is 1.40. The predicted molar refractivity (Wildman–Crippen MR) is 27.2 cm³/mol. The molecule has 0 saturated heterocycles. The molecule has 0 atom stereocenters. The molecule has 0 amide bonds. The third-order valence-electron chi connectivity index (χ3n) is 0.751. The molecule has 0 N–H and O–H groups in total. The van der Waals surface area contributed by atoms with Crippen molar-refractivity contribution in [2.24, 2.45) is 0 Å². The zero-order chi connectivity index (χ0) is 5.33. The molecule has 1 radical (unpaired) electrons. The van der Waals surface area contributed by atoms with Crippen LogP contribution in [0.25, 0.3) is 0 Å². The van der Waals surface area contributed by atoms with E-state index in [0.717, 1.165) is 0 Å². The standard InChI is InChI=1S/C4H5O2S.Mn/c5-7(6)3-1-2-4-7;/h1-3H,4H2;/q-1;. The fourth-order valence-electron chi connectivity index (χ4n) is 0.420. The minimum absolute atomic E-state index is 0. The normalized spacial score (nSPS) is 21.5. The van der Waals surface area contributed by atoms with Crippen LogP contribution < -0.4 is 0 Å². The molecule has 47 valence electrons. The summed E-state index contributed by atoms with van der Waals surface area (Å²) >= 11 is 0. The summed E-state index contributed by atoms with van der Waals surface area (Å²) in [5.41, 5.74) is 0. The second-order valence-corrected chi connectivity index (χ2v) is 3.32. The zero-order valence-corrected chi connectivity index (χ0v) is 6.04. The topological polar surface area (TPSA) is 34.1 Å². The second-order valence-electron chi connectivity index (χ2n) is 1.39. The first-order valence-electron chi connectivity index (χ1n) is 1.93. The van der Waals surface area contributed by atoms with E-state index in [4.69, 9.17) is 0 Å². The maximum Gasteiger partial charge on any atom is 0.0926 e. The maximum absolute atomic E-state index is 10.3. The van der Waals surface area contributed by atoms with Crippen molar-refractivity contribution >= 4 is 9.84 Å². The van der Waals surface area contributed by atoms with E-state index >= 15 is 0 Å². The Morgan fingerprint density at radius 3 is 2.25 bits per heavy atom. The fourth-order valence-corrected chi connectivity index (χ4v) is 1.26. The van der Waals surface area contributed by atoms with E-state index in [9.17, 15) is 8.42 Å². The van der Waals surface area contributed by atoms with Gasteiger partial charge in [-0.15, -0.1) is 5.75 Å². The fraction of sp³-hybridized carbons (Fsp3) is 0.250. The summed E-state index contributed by atoms with van der Waals surface area (Å²) in [7, 11) is -2.78. The molecule has 0 saturated carbocycles. The minimum Gasteiger partial charge on any atom is -0.244 e. The quantitative estimate of drug-likeness (QED) is 0.384. The van der Waals surface area contributed by atoms with Crippen LogP contribution in [-0.2, 0) is 26.9 Å². The summed E-state index contributed by atoms with van der Waals surface area (Å²) < 4.78 is 20.6. The minimum atomic E-state index is -2.78. The molecule has 0 unspecified atom stereocenters. The van der Waals surface area contributed by atoms with Crippen LogP contribution in [0.5, 0.6) is 0 Å². The van der Waals surface area contributed by atoms with E-state index < -0.39 is 9.84 Å². The molecule has 0 spiro atoms. The Kier molecular flexibility index (Phi) is 2.60. The molecule has 1 aliphatic heterocycles. The Hall–Kier alpha value is 0.0795. The van der Waals surface area contributed by atoms with Crippen molar-refractivity contribution in [2.45, 2.75) is 0 Å². The molecule has 0 aromatic heterocycles. The number of hydrogen-bond acceptors (Lipinski definition) is 2. The maximum atomic E-state index is 10.3. The summed E-state index contributed by atoms with van der Waals surface area (Å²) in [6.07, 6.45) is 3.17. The third kappa shape index (κ3) is 1.90. The van der Waals surface area contributed by atoms with E-state index in [1.165, 1.54) is 5.75 Å². The van der Waals surface area contributed by atoms with E-state index in [1.54, 1.807) is 12.2 Å². The van der Waals surface area contributed by atoms with Crippen LogP contribution in [-0.4, -0.2) is 14.2 Å². The van der Waals surface area contributed by atoms with Gasteiger partial charge >= 0.3 is 0 Å². The van der Waals surface area contributed by atoms with Crippen LogP contribution in [0.2, 0.25) is 0 Å². The number of rotatable bonds is 0. The predicted octanol–water partition coefficient (Wildman–Crippen LogP) is 0.130. The van der Waals surface area contributed by atoms with Gasteiger partial charge in [-0.3, -0.25) is 0 Å². The first kappa shape index (κ1) is 8.08. The van der Waals surface area contributed by atoms with Gasteiger partial charge in [0.05, 0.1) is 9.84 Å². The van der Waals surface area contributed by atoms with Crippen LogP contribution >= 0.6 is 0 Å². The molecule has 8 heavy (non-hydrogen) atoms. The molecular weight excluding hydrogens is 167 g/mol. The van der Waals surface area contributed by atoms with E-state index in [0.29, 0.717) is 0 Å². The van der Waals surface area contributed by atoms with Crippen molar-refractivity contribution < 1.29 is 25.5 Å². The molecule has 1 rings (SSSR count). The average molecular weight is 172 g/mol. The molecule has 0 bridgehead atoms. The van der Waals surface area contributed by atoms with E-state index in [-0.39, 0.29) is 22.8 Å². The molecule has 1 heterocycles. The van der Waals surface area contributed by atoms with Crippen LogP contribution in [0, 0.1) is 5.75 Å². The van der Waals surface area contributed by atoms with Crippen molar-refractivity contribution in [3.63, 3.8) is 0 Å². The molecule has 2 nitrogen and oxygen atoms in total. The van der Waals surface area contributed by atoms with Gasteiger partial charge in [-0.05, 0) is 5.75 Å². The SMILES string of the molecule is O=S1(=O)[CH-]C=CC1.[Mn]. The molecule has 0 fully saturated rings. The van der Waals surface area contributed by atoms with Crippen molar-refractivity contribution in [1.29, 1.82) is 0 Å². The van der Waals surface area contributed by atoms with E-state index in [1.807, 2.05) is 0 Å². The first-order valence-corrected chi connectivity index (χ1v) is 3.65. The molecule has 4 heteroatoms. The Labute approximate surface area is 59.4 Å². The summed E-state index contributed by atoms with van der Waals surface area (Å²) in [5, 5.41) is 0. The Morgan fingerprint density at radius 1 is 1.50 bits per heavy atom. The molecule has 1 aliphatic rings. The van der Waals surface area contributed by atoms with Gasteiger partial charge in [0.1, 0.15) is 0 Å². The van der Waals surface area contributed by atoms with Crippen molar-refractivity contribution in [3.8, 4) is 0 Å². The monoisotopic (exact) mass is 172 g/mol. The molecule has 0 aromatic carbocycles. The average Bonchev–Trinajstić information content (AvgIpc) is 1.84. The summed E-state index contributed by atoms with van der Waals surface area (Å²) in [4.78, 5) is 0. The van der Waals surface area contributed by atoms with Gasteiger partial charge in [0.25, 0.3) is 0 Å². The first-order chi connectivity index (χ1) is 3.21.